The molecule has 1 aliphatic carbocycles. The first-order valence-electron chi connectivity index (χ1n) is 13.4. The van der Waals surface area contributed by atoms with Crippen molar-refractivity contribution >= 4 is 39.3 Å². The van der Waals surface area contributed by atoms with E-state index in [1.165, 1.54) is 32.6 Å². The Balaban J connectivity index is 1.55. The molecule has 0 bridgehead atoms. The van der Waals surface area contributed by atoms with Gasteiger partial charge in [-0.05, 0) is 62.4 Å². The van der Waals surface area contributed by atoms with Gasteiger partial charge in [0.1, 0.15) is 0 Å². The quantitative estimate of drug-likeness (QED) is 0.110. The minimum absolute atomic E-state index is 0.0386. The van der Waals surface area contributed by atoms with Crippen molar-refractivity contribution in [2.24, 2.45) is 11.1 Å². The standard InChI is InChI=1S/C32H34N2O3/c1-4-34-30-18-15-25(32(36)26-12-8-5-9-21(26)2)19-28(30)27-16-14-24(20-31(27)34)29(33-37-22(3)35)17-13-23-10-6-7-11-23/h5,8-9,12,14-16,18-20,23H,4,6-7,10-11,13,17H2,1-3H3/b33-29+. The number of oxime groups is 1. The molecule has 0 spiro atoms. The Morgan fingerprint density at radius 3 is 2.43 bits per heavy atom. The summed E-state index contributed by atoms with van der Waals surface area (Å²) in [5.74, 6) is 0.349. The number of benzene rings is 3. The Labute approximate surface area is 218 Å². The molecule has 5 rings (SSSR count). The van der Waals surface area contributed by atoms with Gasteiger partial charge in [0.05, 0.1) is 5.71 Å². The molecule has 0 radical (unpaired) electrons. The topological polar surface area (TPSA) is 60.7 Å². The second-order valence-corrected chi connectivity index (χ2v) is 10.2. The van der Waals surface area contributed by atoms with Crippen molar-refractivity contribution < 1.29 is 14.4 Å². The van der Waals surface area contributed by atoms with Crippen LogP contribution in [0.1, 0.15) is 79.4 Å². The third-order valence-electron chi connectivity index (χ3n) is 7.72. The summed E-state index contributed by atoms with van der Waals surface area (Å²) in [6.07, 6.45) is 6.99. The van der Waals surface area contributed by atoms with E-state index in [0.717, 1.165) is 69.5 Å². The molecular weight excluding hydrogens is 460 g/mol. The smallest absolute Gasteiger partial charge is 0.331 e. The summed E-state index contributed by atoms with van der Waals surface area (Å²) in [7, 11) is 0. The van der Waals surface area contributed by atoms with E-state index < -0.39 is 5.97 Å². The lowest BCUT2D eigenvalue weighted by atomic mass is 9.96. The van der Waals surface area contributed by atoms with Gasteiger partial charge in [-0.3, -0.25) is 4.79 Å². The SMILES string of the molecule is CCn1c2ccc(C(=O)c3ccccc3C)cc2c2ccc(/C(CCC3CCCC3)=N/OC(C)=O)cc21. The lowest BCUT2D eigenvalue weighted by Crippen LogP contribution is -2.07. The number of fused-ring (bicyclic) bond motifs is 3. The minimum atomic E-state index is -0.409. The largest absolute Gasteiger partial charge is 0.341 e. The van der Waals surface area contributed by atoms with Crippen molar-refractivity contribution in [1.82, 2.24) is 4.57 Å². The van der Waals surface area contributed by atoms with E-state index >= 15 is 0 Å². The fourth-order valence-electron chi connectivity index (χ4n) is 5.75. The molecule has 3 aromatic carbocycles. The zero-order valence-electron chi connectivity index (χ0n) is 21.9. The first kappa shape index (κ1) is 24.9. The van der Waals surface area contributed by atoms with Gasteiger partial charge in [0.15, 0.2) is 5.78 Å². The Morgan fingerprint density at radius 2 is 1.70 bits per heavy atom. The zero-order chi connectivity index (χ0) is 25.9. The highest BCUT2D eigenvalue weighted by molar-refractivity contribution is 6.16. The van der Waals surface area contributed by atoms with Crippen molar-refractivity contribution in [3.8, 4) is 0 Å². The van der Waals surface area contributed by atoms with E-state index in [9.17, 15) is 9.59 Å². The van der Waals surface area contributed by atoms with Crippen molar-refractivity contribution in [3.63, 3.8) is 0 Å². The Hall–Kier alpha value is -3.73. The Morgan fingerprint density at radius 1 is 0.946 bits per heavy atom. The summed E-state index contributed by atoms with van der Waals surface area (Å²) in [6.45, 7) is 6.28. The fourth-order valence-corrected chi connectivity index (χ4v) is 5.75. The average molecular weight is 495 g/mol. The summed E-state index contributed by atoms with van der Waals surface area (Å²) in [6, 6.07) is 20.0. The highest BCUT2D eigenvalue weighted by Gasteiger charge is 2.19. The number of ketones is 1. The molecule has 1 aliphatic rings. The van der Waals surface area contributed by atoms with Crippen molar-refractivity contribution in [2.45, 2.75) is 65.8 Å². The molecule has 190 valence electrons. The molecule has 0 saturated heterocycles. The minimum Gasteiger partial charge on any atom is -0.341 e. The van der Waals surface area contributed by atoms with Gasteiger partial charge in [-0.2, -0.15) is 0 Å². The van der Waals surface area contributed by atoms with Gasteiger partial charge >= 0.3 is 5.97 Å². The summed E-state index contributed by atoms with van der Waals surface area (Å²) < 4.78 is 2.27. The normalized spacial score (nSPS) is 14.5. The van der Waals surface area contributed by atoms with E-state index in [0.29, 0.717) is 5.56 Å². The summed E-state index contributed by atoms with van der Waals surface area (Å²) in [5, 5.41) is 6.42. The third kappa shape index (κ3) is 5.08. The number of nitrogens with zero attached hydrogens (tertiary/aromatic N) is 2. The molecule has 37 heavy (non-hydrogen) atoms. The molecule has 1 fully saturated rings. The molecule has 0 unspecified atom stereocenters. The van der Waals surface area contributed by atoms with Gasteiger partial charge in [-0.1, -0.05) is 67.2 Å². The monoisotopic (exact) mass is 494 g/mol. The Kier molecular flexibility index (Phi) is 7.22. The Bertz CT molecular complexity index is 1510. The van der Waals surface area contributed by atoms with Crippen LogP contribution in [0, 0.1) is 12.8 Å². The number of rotatable bonds is 8. The molecule has 5 heteroatoms. The van der Waals surface area contributed by atoms with Gasteiger partial charge in [-0.15, -0.1) is 0 Å². The molecular formula is C32H34N2O3. The van der Waals surface area contributed by atoms with Gasteiger partial charge in [-0.25, -0.2) is 4.79 Å². The highest BCUT2D eigenvalue weighted by Crippen LogP contribution is 2.33. The van der Waals surface area contributed by atoms with Crippen LogP contribution in [-0.2, 0) is 16.2 Å². The van der Waals surface area contributed by atoms with Crippen LogP contribution in [0.15, 0.2) is 65.8 Å². The van der Waals surface area contributed by atoms with E-state index in [-0.39, 0.29) is 5.78 Å². The molecule has 4 aromatic rings. The maximum Gasteiger partial charge on any atom is 0.331 e. The summed E-state index contributed by atoms with van der Waals surface area (Å²) in [5.41, 5.74) is 6.37. The molecule has 1 saturated carbocycles. The highest BCUT2D eigenvalue weighted by atomic mass is 16.7. The van der Waals surface area contributed by atoms with Crippen molar-refractivity contribution in [1.29, 1.82) is 0 Å². The summed E-state index contributed by atoms with van der Waals surface area (Å²) >= 11 is 0. The molecule has 0 amide bonds. The summed E-state index contributed by atoms with van der Waals surface area (Å²) in [4.78, 5) is 29.9. The zero-order valence-corrected chi connectivity index (χ0v) is 21.9. The van der Waals surface area contributed by atoms with Gasteiger partial charge in [0, 0.05) is 52.0 Å². The van der Waals surface area contributed by atoms with Crippen LogP contribution < -0.4 is 0 Å². The second kappa shape index (κ2) is 10.7. The first-order valence-corrected chi connectivity index (χ1v) is 13.4. The van der Waals surface area contributed by atoms with Crippen LogP contribution in [0.5, 0.6) is 0 Å². The molecule has 1 heterocycles. The number of aryl methyl sites for hydroxylation is 2. The molecule has 1 aromatic heterocycles. The van der Waals surface area contributed by atoms with Crippen LogP contribution in [0.2, 0.25) is 0 Å². The molecule has 0 atom stereocenters. The van der Waals surface area contributed by atoms with Gasteiger partial charge in [0.25, 0.3) is 0 Å². The van der Waals surface area contributed by atoms with E-state index in [1.807, 2.05) is 43.3 Å². The van der Waals surface area contributed by atoms with Gasteiger partial charge < -0.3 is 9.40 Å². The van der Waals surface area contributed by atoms with Crippen LogP contribution in [0.3, 0.4) is 0 Å². The van der Waals surface area contributed by atoms with E-state index in [1.54, 1.807) is 0 Å². The maximum atomic E-state index is 13.3. The van der Waals surface area contributed by atoms with E-state index in [2.05, 4.69) is 40.9 Å². The van der Waals surface area contributed by atoms with Crippen LogP contribution in [0.4, 0.5) is 0 Å². The van der Waals surface area contributed by atoms with Crippen LogP contribution >= 0.6 is 0 Å². The first-order chi connectivity index (χ1) is 18.0. The predicted molar refractivity (Wildman–Crippen MR) is 149 cm³/mol. The lowest BCUT2D eigenvalue weighted by molar-refractivity contribution is -0.140. The van der Waals surface area contributed by atoms with Crippen LogP contribution in [-0.4, -0.2) is 22.0 Å². The second-order valence-electron chi connectivity index (χ2n) is 10.2. The number of carbonyl (C=O) groups excluding carboxylic acids is 2. The third-order valence-corrected chi connectivity index (χ3v) is 7.72. The number of hydrogen-bond donors (Lipinski definition) is 0. The number of hydrogen-bond acceptors (Lipinski definition) is 4. The fraction of sp³-hybridized carbons (Fsp3) is 0.344. The molecule has 0 aliphatic heterocycles. The van der Waals surface area contributed by atoms with Crippen molar-refractivity contribution in [2.75, 3.05) is 0 Å². The maximum absolute atomic E-state index is 13.3. The number of carbonyl (C=O) groups is 2. The van der Waals surface area contributed by atoms with E-state index in [4.69, 9.17) is 4.84 Å². The molecule has 5 nitrogen and oxygen atoms in total. The predicted octanol–water partition coefficient (Wildman–Crippen LogP) is 7.59. The average Bonchev–Trinajstić information content (AvgIpc) is 3.53. The molecule has 0 N–H and O–H groups in total. The lowest BCUT2D eigenvalue weighted by Gasteiger charge is -2.11. The van der Waals surface area contributed by atoms with Crippen LogP contribution in [0.25, 0.3) is 21.8 Å². The van der Waals surface area contributed by atoms with Gasteiger partial charge in [0.2, 0.25) is 0 Å². The van der Waals surface area contributed by atoms with Crippen molar-refractivity contribution in [3.05, 3.63) is 82.9 Å². The number of aromatic nitrogens is 1.